The summed E-state index contributed by atoms with van der Waals surface area (Å²) < 4.78 is 5.16. The molecular formula is C32H33N9O. The summed E-state index contributed by atoms with van der Waals surface area (Å²) in [5.41, 5.74) is 7.95. The molecule has 5 aromatic rings. The summed E-state index contributed by atoms with van der Waals surface area (Å²) in [5.74, 6) is 2.31. The number of nitrogens with one attached hydrogen (secondary N) is 1. The third kappa shape index (κ3) is 5.33. The van der Waals surface area contributed by atoms with Crippen molar-refractivity contribution in [2.75, 3.05) is 25.1 Å². The van der Waals surface area contributed by atoms with Crippen molar-refractivity contribution >= 4 is 5.82 Å². The fraction of sp³-hybridized carbons (Fsp3) is 0.312. The highest BCUT2D eigenvalue weighted by atomic mass is 16.5. The van der Waals surface area contributed by atoms with Gasteiger partial charge in [0.1, 0.15) is 5.82 Å². The van der Waals surface area contributed by atoms with Gasteiger partial charge in [-0.3, -0.25) is 15.0 Å². The molecule has 2 atom stereocenters. The Hall–Kier alpha value is -4.70. The Morgan fingerprint density at radius 3 is 2.36 bits per heavy atom. The van der Waals surface area contributed by atoms with E-state index in [0.717, 1.165) is 65.0 Å². The summed E-state index contributed by atoms with van der Waals surface area (Å²) in [6, 6.07) is 17.4. The van der Waals surface area contributed by atoms with Gasteiger partial charge in [-0.05, 0) is 62.2 Å². The van der Waals surface area contributed by atoms with Crippen LogP contribution in [0.15, 0.2) is 67.1 Å². The first-order valence-corrected chi connectivity index (χ1v) is 14.3. The SMILES string of the molecule is COc1ccc(-c2ccc(CN3C4CC3CN(c3ccc(-c5nc(C)cc(Cc6cc(C)[nH]n6)n5)cn3)C4)cn2)cn1. The molecule has 8 heterocycles. The summed E-state index contributed by atoms with van der Waals surface area (Å²) in [4.78, 5) is 28.3. The summed E-state index contributed by atoms with van der Waals surface area (Å²) in [6.45, 7) is 6.86. The van der Waals surface area contributed by atoms with E-state index >= 15 is 0 Å². The van der Waals surface area contributed by atoms with E-state index in [1.807, 2.05) is 50.5 Å². The molecule has 3 saturated heterocycles. The van der Waals surface area contributed by atoms with E-state index in [1.165, 1.54) is 12.0 Å². The van der Waals surface area contributed by atoms with Crippen LogP contribution in [0, 0.1) is 13.8 Å². The van der Waals surface area contributed by atoms with Gasteiger partial charge in [0, 0.05) is 85.3 Å². The van der Waals surface area contributed by atoms with E-state index in [0.29, 0.717) is 30.2 Å². The van der Waals surface area contributed by atoms with Crippen LogP contribution in [0.3, 0.4) is 0 Å². The van der Waals surface area contributed by atoms with Crippen LogP contribution in [0.2, 0.25) is 0 Å². The largest absolute Gasteiger partial charge is 0.481 e. The molecule has 10 nitrogen and oxygen atoms in total. The standard InChI is InChI=1S/C32H33N9O/c1-20-10-25(12-26-11-21(2)38-39-26)37-32(36-20)24-5-8-30(34-16-24)40-18-27-13-28(19-40)41(27)17-22-4-7-29(33-14-22)23-6-9-31(42-3)35-15-23/h4-11,14-16,27-28H,12-13,17-19H2,1-3H3,(H,38,39). The molecule has 42 heavy (non-hydrogen) atoms. The molecular weight excluding hydrogens is 526 g/mol. The first-order valence-electron chi connectivity index (χ1n) is 14.3. The third-order valence-electron chi connectivity index (χ3n) is 8.13. The van der Waals surface area contributed by atoms with Crippen LogP contribution in [-0.4, -0.2) is 72.3 Å². The summed E-state index contributed by atoms with van der Waals surface area (Å²) in [6.07, 6.45) is 7.58. The topological polar surface area (TPSA) is 109 Å². The van der Waals surface area contributed by atoms with E-state index in [-0.39, 0.29) is 0 Å². The lowest BCUT2D eigenvalue weighted by molar-refractivity contribution is -0.00874. The van der Waals surface area contributed by atoms with Crippen molar-refractivity contribution in [3.8, 4) is 28.5 Å². The molecule has 5 aromatic heterocycles. The van der Waals surface area contributed by atoms with Gasteiger partial charge in [-0.1, -0.05) is 6.07 Å². The lowest BCUT2D eigenvalue weighted by Gasteiger charge is -2.56. The molecule has 0 saturated carbocycles. The smallest absolute Gasteiger partial charge is 0.212 e. The molecule has 0 aliphatic carbocycles. The number of piperidine rings is 1. The first-order chi connectivity index (χ1) is 20.5. The fourth-order valence-corrected chi connectivity index (χ4v) is 5.99. The molecule has 0 radical (unpaired) electrons. The maximum absolute atomic E-state index is 5.16. The van der Waals surface area contributed by atoms with Gasteiger partial charge in [-0.2, -0.15) is 5.10 Å². The Morgan fingerprint density at radius 2 is 1.69 bits per heavy atom. The predicted molar refractivity (Wildman–Crippen MR) is 160 cm³/mol. The number of methoxy groups -OCH3 is 1. The normalized spacial score (nSPS) is 18.1. The zero-order valence-electron chi connectivity index (χ0n) is 24.0. The molecule has 3 fully saturated rings. The van der Waals surface area contributed by atoms with E-state index in [2.05, 4.69) is 54.2 Å². The zero-order valence-corrected chi connectivity index (χ0v) is 24.0. The molecule has 0 aromatic carbocycles. The van der Waals surface area contributed by atoms with Gasteiger partial charge in [0.25, 0.3) is 0 Å². The molecule has 8 rings (SSSR count). The number of fused-ring (bicyclic) bond motifs is 2. The highest BCUT2D eigenvalue weighted by molar-refractivity contribution is 5.59. The van der Waals surface area contributed by atoms with Gasteiger partial charge < -0.3 is 9.64 Å². The predicted octanol–water partition coefficient (Wildman–Crippen LogP) is 4.40. The minimum Gasteiger partial charge on any atom is -0.481 e. The highest BCUT2D eigenvalue weighted by Crippen LogP contribution is 2.35. The van der Waals surface area contributed by atoms with Crippen molar-refractivity contribution in [2.45, 2.75) is 45.3 Å². The van der Waals surface area contributed by atoms with Crippen molar-refractivity contribution in [2.24, 2.45) is 0 Å². The minimum absolute atomic E-state index is 0.518. The van der Waals surface area contributed by atoms with Crippen LogP contribution in [-0.2, 0) is 13.0 Å². The Labute approximate surface area is 244 Å². The van der Waals surface area contributed by atoms with E-state index in [1.54, 1.807) is 13.3 Å². The molecule has 3 aliphatic rings. The third-order valence-corrected chi connectivity index (χ3v) is 8.13. The number of rotatable bonds is 8. The number of ether oxygens (including phenoxy) is 1. The Balaban J connectivity index is 0.977. The van der Waals surface area contributed by atoms with Crippen molar-refractivity contribution in [1.82, 2.24) is 40.0 Å². The van der Waals surface area contributed by atoms with E-state index in [4.69, 9.17) is 19.7 Å². The van der Waals surface area contributed by atoms with Crippen LogP contribution in [0.5, 0.6) is 5.88 Å². The number of pyridine rings is 3. The number of piperazine rings is 1. The van der Waals surface area contributed by atoms with Gasteiger partial charge in [0.05, 0.1) is 24.2 Å². The molecule has 3 aliphatic heterocycles. The number of H-pyrrole nitrogens is 1. The number of aromatic nitrogens is 7. The fourth-order valence-electron chi connectivity index (χ4n) is 5.99. The van der Waals surface area contributed by atoms with Crippen LogP contribution in [0.25, 0.3) is 22.6 Å². The summed E-state index contributed by atoms with van der Waals surface area (Å²) in [7, 11) is 1.62. The maximum Gasteiger partial charge on any atom is 0.212 e. The van der Waals surface area contributed by atoms with Crippen LogP contribution >= 0.6 is 0 Å². The molecule has 212 valence electrons. The number of aryl methyl sites for hydroxylation is 2. The number of aromatic amines is 1. The first kappa shape index (κ1) is 26.2. The molecule has 0 spiro atoms. The Kier molecular flexibility index (Phi) is 6.83. The second-order valence-electron chi connectivity index (χ2n) is 11.2. The molecule has 10 heteroatoms. The van der Waals surface area contributed by atoms with Gasteiger partial charge in [-0.25, -0.2) is 19.9 Å². The zero-order chi connectivity index (χ0) is 28.6. The van der Waals surface area contributed by atoms with Crippen molar-refractivity contribution in [3.63, 3.8) is 0 Å². The van der Waals surface area contributed by atoms with E-state index in [9.17, 15) is 0 Å². The molecule has 0 amide bonds. The van der Waals surface area contributed by atoms with Crippen LogP contribution in [0.4, 0.5) is 5.82 Å². The van der Waals surface area contributed by atoms with Gasteiger partial charge in [-0.15, -0.1) is 0 Å². The lowest BCUT2D eigenvalue weighted by Crippen LogP contribution is -2.68. The van der Waals surface area contributed by atoms with Crippen LogP contribution in [0.1, 0.15) is 34.8 Å². The second kappa shape index (κ2) is 10.9. The van der Waals surface area contributed by atoms with Gasteiger partial charge in [0.2, 0.25) is 5.88 Å². The second-order valence-corrected chi connectivity index (χ2v) is 11.2. The lowest BCUT2D eigenvalue weighted by atomic mass is 9.87. The average Bonchev–Trinajstić information content (AvgIpc) is 3.44. The quantitative estimate of drug-likeness (QED) is 0.296. The molecule has 1 N–H and O–H groups in total. The van der Waals surface area contributed by atoms with E-state index < -0.39 is 0 Å². The Bertz CT molecular complexity index is 1670. The maximum atomic E-state index is 5.16. The van der Waals surface area contributed by atoms with Crippen molar-refractivity contribution in [1.29, 1.82) is 0 Å². The average molecular weight is 560 g/mol. The van der Waals surface area contributed by atoms with Crippen LogP contribution < -0.4 is 9.64 Å². The van der Waals surface area contributed by atoms with Crippen molar-refractivity contribution < 1.29 is 4.74 Å². The number of nitrogens with zero attached hydrogens (tertiary/aromatic N) is 8. The van der Waals surface area contributed by atoms with Gasteiger partial charge in [0.15, 0.2) is 5.82 Å². The monoisotopic (exact) mass is 559 g/mol. The number of hydrogen-bond acceptors (Lipinski definition) is 9. The molecule has 2 bridgehead atoms. The number of hydrogen-bond donors (Lipinski definition) is 1. The minimum atomic E-state index is 0.518. The van der Waals surface area contributed by atoms with Gasteiger partial charge >= 0.3 is 0 Å². The summed E-state index contributed by atoms with van der Waals surface area (Å²) >= 11 is 0. The summed E-state index contributed by atoms with van der Waals surface area (Å²) in [5, 5.41) is 7.35. The highest BCUT2D eigenvalue weighted by Gasteiger charge is 2.44. The Morgan fingerprint density at radius 1 is 0.857 bits per heavy atom. The molecule has 2 unspecified atom stereocenters. The number of anilines is 1. The van der Waals surface area contributed by atoms with Crippen molar-refractivity contribution in [3.05, 3.63) is 95.5 Å².